The van der Waals surface area contributed by atoms with Gasteiger partial charge in [0.25, 0.3) is 0 Å². The number of aromatic nitrogens is 2. The third-order valence-corrected chi connectivity index (χ3v) is 11.8. The van der Waals surface area contributed by atoms with Gasteiger partial charge in [-0.1, -0.05) is 176 Å². The summed E-state index contributed by atoms with van der Waals surface area (Å²) in [7, 11) is 0. The van der Waals surface area contributed by atoms with Crippen LogP contribution in [0.5, 0.6) is 0 Å². The Labute approximate surface area is 331 Å². The van der Waals surface area contributed by atoms with Crippen molar-refractivity contribution in [2.45, 2.75) is 12.3 Å². The highest BCUT2D eigenvalue weighted by atomic mass is 16.3. The summed E-state index contributed by atoms with van der Waals surface area (Å²) in [6, 6.07) is 71.1. The van der Waals surface area contributed by atoms with Gasteiger partial charge in [-0.2, -0.15) is 0 Å². The maximum atomic E-state index is 6.18. The SMILES string of the molecule is CC1(c2ccc(-c3ccccc3-c3cc(-c4ccccc4-c4ccc5oc6ccccc6c5c4)nc(-c4ccccc4)n3)cc2)c2ccccc2-c2ccccc21. The van der Waals surface area contributed by atoms with Crippen LogP contribution >= 0.6 is 0 Å². The number of fused-ring (bicyclic) bond motifs is 6. The molecular formula is C54H36N2O. The van der Waals surface area contributed by atoms with Crippen molar-refractivity contribution in [1.82, 2.24) is 9.97 Å². The van der Waals surface area contributed by atoms with E-state index in [0.717, 1.165) is 72.3 Å². The van der Waals surface area contributed by atoms with E-state index in [-0.39, 0.29) is 5.41 Å². The second-order valence-corrected chi connectivity index (χ2v) is 15.0. The van der Waals surface area contributed by atoms with E-state index < -0.39 is 0 Å². The van der Waals surface area contributed by atoms with Gasteiger partial charge in [0.05, 0.1) is 11.4 Å². The topological polar surface area (TPSA) is 38.9 Å². The number of furan rings is 1. The molecule has 0 atom stereocenters. The lowest BCUT2D eigenvalue weighted by Crippen LogP contribution is -2.22. The molecule has 268 valence electrons. The van der Waals surface area contributed by atoms with Crippen LogP contribution in [0.4, 0.5) is 0 Å². The molecule has 0 N–H and O–H groups in total. The minimum absolute atomic E-state index is 0.250. The Kier molecular flexibility index (Phi) is 7.61. The summed E-state index contributed by atoms with van der Waals surface area (Å²) in [6.45, 7) is 2.36. The van der Waals surface area contributed by atoms with Crippen LogP contribution in [0.2, 0.25) is 0 Å². The van der Waals surface area contributed by atoms with E-state index >= 15 is 0 Å². The number of para-hydroxylation sites is 1. The van der Waals surface area contributed by atoms with E-state index in [1.54, 1.807) is 0 Å². The van der Waals surface area contributed by atoms with Crippen molar-refractivity contribution < 1.29 is 4.42 Å². The molecular weight excluding hydrogens is 693 g/mol. The van der Waals surface area contributed by atoms with Crippen LogP contribution in [-0.4, -0.2) is 9.97 Å². The Morgan fingerprint density at radius 2 is 0.860 bits per heavy atom. The molecule has 8 aromatic carbocycles. The molecule has 2 heterocycles. The van der Waals surface area contributed by atoms with Gasteiger partial charge < -0.3 is 4.42 Å². The van der Waals surface area contributed by atoms with Gasteiger partial charge in [-0.05, 0) is 81.3 Å². The molecule has 1 aliphatic carbocycles. The molecule has 3 nitrogen and oxygen atoms in total. The number of hydrogen-bond donors (Lipinski definition) is 0. The van der Waals surface area contributed by atoms with Gasteiger partial charge in [-0.3, -0.25) is 0 Å². The second-order valence-electron chi connectivity index (χ2n) is 15.0. The molecule has 0 spiro atoms. The molecule has 0 saturated heterocycles. The van der Waals surface area contributed by atoms with E-state index in [1.165, 1.54) is 27.8 Å². The standard InChI is InChI=1S/C54H36N2O/c1-54(47-24-12-9-19-41(47)42-20-10-13-25-48(42)54)38-30-27-35(28-31-38)39-17-5-7-21-43(39)49-34-50(56-53(55-49)36-15-3-2-4-16-36)44-22-8-6-18-40(44)37-29-32-52-46(33-37)45-23-11-14-26-51(45)57-52/h2-34H,1H3. The van der Waals surface area contributed by atoms with E-state index in [0.29, 0.717) is 5.82 Å². The van der Waals surface area contributed by atoms with Gasteiger partial charge in [0.2, 0.25) is 0 Å². The maximum Gasteiger partial charge on any atom is 0.160 e. The van der Waals surface area contributed by atoms with Crippen LogP contribution in [0, 0.1) is 0 Å². The number of benzene rings is 8. The quantitative estimate of drug-likeness (QED) is 0.171. The fraction of sp³-hybridized carbons (Fsp3) is 0.0370. The first-order valence-corrected chi connectivity index (χ1v) is 19.5. The summed E-state index contributed by atoms with van der Waals surface area (Å²) < 4.78 is 6.18. The van der Waals surface area contributed by atoms with Crippen LogP contribution in [0.15, 0.2) is 205 Å². The predicted molar refractivity (Wildman–Crippen MR) is 234 cm³/mol. The van der Waals surface area contributed by atoms with Gasteiger partial charge in [0, 0.05) is 32.9 Å². The summed E-state index contributed by atoms with van der Waals surface area (Å²) in [5.41, 5.74) is 17.4. The third-order valence-electron chi connectivity index (χ3n) is 11.8. The first kappa shape index (κ1) is 33.0. The highest BCUT2D eigenvalue weighted by Crippen LogP contribution is 2.52. The third kappa shape index (κ3) is 5.35. The largest absolute Gasteiger partial charge is 0.456 e. The van der Waals surface area contributed by atoms with Crippen LogP contribution in [0.1, 0.15) is 23.6 Å². The second kappa shape index (κ2) is 13.1. The lowest BCUT2D eigenvalue weighted by molar-refractivity contribution is 0.669. The fourth-order valence-electron chi connectivity index (χ4n) is 9.00. The Balaban J connectivity index is 1.04. The molecule has 0 bridgehead atoms. The highest BCUT2D eigenvalue weighted by Gasteiger charge is 2.40. The normalized spacial score (nSPS) is 12.8. The van der Waals surface area contributed by atoms with Crippen molar-refractivity contribution in [3.8, 4) is 67.3 Å². The summed E-state index contributed by atoms with van der Waals surface area (Å²) in [5.74, 6) is 0.686. The van der Waals surface area contributed by atoms with Crippen LogP contribution < -0.4 is 0 Å². The Morgan fingerprint density at radius 3 is 1.51 bits per heavy atom. The van der Waals surface area contributed by atoms with Gasteiger partial charge in [0.1, 0.15) is 11.2 Å². The highest BCUT2D eigenvalue weighted by molar-refractivity contribution is 6.06. The molecule has 10 aromatic rings. The zero-order valence-corrected chi connectivity index (χ0v) is 31.4. The van der Waals surface area contributed by atoms with Crippen molar-refractivity contribution in [1.29, 1.82) is 0 Å². The Morgan fingerprint density at radius 1 is 0.368 bits per heavy atom. The maximum absolute atomic E-state index is 6.18. The van der Waals surface area contributed by atoms with Crippen molar-refractivity contribution >= 4 is 21.9 Å². The van der Waals surface area contributed by atoms with Gasteiger partial charge in [-0.15, -0.1) is 0 Å². The Bertz CT molecular complexity index is 3090. The fourth-order valence-corrected chi connectivity index (χ4v) is 9.00. The lowest BCUT2D eigenvalue weighted by Gasteiger charge is -2.28. The van der Waals surface area contributed by atoms with Crippen LogP contribution in [0.3, 0.4) is 0 Å². The summed E-state index contributed by atoms with van der Waals surface area (Å²) in [4.78, 5) is 10.5. The lowest BCUT2D eigenvalue weighted by atomic mass is 9.74. The van der Waals surface area contributed by atoms with Crippen molar-refractivity contribution in [3.63, 3.8) is 0 Å². The van der Waals surface area contributed by atoms with Crippen LogP contribution in [0.25, 0.3) is 89.2 Å². The van der Waals surface area contributed by atoms with E-state index in [9.17, 15) is 0 Å². The molecule has 0 saturated carbocycles. The van der Waals surface area contributed by atoms with E-state index in [2.05, 4.69) is 177 Å². The zero-order valence-electron chi connectivity index (χ0n) is 31.4. The first-order valence-electron chi connectivity index (χ1n) is 19.5. The van der Waals surface area contributed by atoms with Crippen LogP contribution in [-0.2, 0) is 5.41 Å². The summed E-state index contributed by atoms with van der Waals surface area (Å²) >= 11 is 0. The van der Waals surface area contributed by atoms with Gasteiger partial charge in [-0.25, -0.2) is 9.97 Å². The molecule has 2 aromatic heterocycles. The number of nitrogens with zero attached hydrogens (tertiary/aromatic N) is 2. The van der Waals surface area contributed by atoms with Gasteiger partial charge >= 0.3 is 0 Å². The number of rotatable bonds is 6. The summed E-state index contributed by atoms with van der Waals surface area (Å²) in [5, 5.41) is 2.21. The molecule has 0 radical (unpaired) electrons. The molecule has 0 fully saturated rings. The van der Waals surface area contributed by atoms with Crippen molar-refractivity contribution in [3.05, 3.63) is 217 Å². The molecule has 0 amide bonds. The molecule has 1 aliphatic rings. The monoisotopic (exact) mass is 728 g/mol. The molecule has 57 heavy (non-hydrogen) atoms. The van der Waals surface area contributed by atoms with Gasteiger partial charge in [0.15, 0.2) is 5.82 Å². The van der Waals surface area contributed by atoms with E-state index in [4.69, 9.17) is 14.4 Å². The average molecular weight is 729 g/mol. The zero-order chi connectivity index (χ0) is 37.9. The predicted octanol–water partition coefficient (Wildman–Crippen LogP) is 14.0. The molecule has 11 rings (SSSR count). The number of hydrogen-bond acceptors (Lipinski definition) is 3. The molecule has 0 unspecified atom stereocenters. The minimum Gasteiger partial charge on any atom is -0.456 e. The van der Waals surface area contributed by atoms with Crippen molar-refractivity contribution in [2.75, 3.05) is 0 Å². The summed E-state index contributed by atoms with van der Waals surface area (Å²) in [6.07, 6.45) is 0. The Hall–Kier alpha value is -7.36. The minimum atomic E-state index is -0.250. The van der Waals surface area contributed by atoms with E-state index in [1.807, 2.05) is 30.3 Å². The van der Waals surface area contributed by atoms with Crippen molar-refractivity contribution in [2.24, 2.45) is 0 Å². The molecule has 0 aliphatic heterocycles. The molecule has 3 heteroatoms. The smallest absolute Gasteiger partial charge is 0.160 e. The first-order chi connectivity index (χ1) is 28.1. The average Bonchev–Trinajstić information content (AvgIpc) is 3.79.